The monoisotopic (exact) mass is 304 g/mol. The summed E-state index contributed by atoms with van der Waals surface area (Å²) in [5, 5.41) is 2.48. The maximum Gasteiger partial charge on any atom is 0.419 e. The number of carbonyl (C=O) groups excluding carboxylic acids is 1. The number of nitrogens with one attached hydrogen (secondary N) is 1. The lowest BCUT2D eigenvalue weighted by molar-refractivity contribution is -0.140. The van der Waals surface area contributed by atoms with Crippen LogP contribution in [-0.4, -0.2) is 11.9 Å². The minimum Gasteiger partial charge on any atom is -0.352 e. The topological polar surface area (TPSA) is 55.1 Å². The van der Waals surface area contributed by atoms with Crippen LogP contribution in [0.2, 0.25) is 0 Å². The van der Waals surface area contributed by atoms with Gasteiger partial charge >= 0.3 is 6.18 Å². The van der Waals surface area contributed by atoms with Crippen LogP contribution in [0.3, 0.4) is 0 Å². The number of amides is 1. The number of hydrogen-bond acceptors (Lipinski definition) is 2. The Bertz CT molecular complexity index is 530. The zero-order valence-corrected chi connectivity index (χ0v) is 11.2. The number of nitrogens with two attached hydrogens (primary N) is 1. The highest BCUT2D eigenvalue weighted by Crippen LogP contribution is 2.32. The van der Waals surface area contributed by atoms with Crippen LogP contribution in [0, 0.1) is 11.7 Å². The number of carbonyl (C=O) groups is 1. The van der Waals surface area contributed by atoms with Crippen molar-refractivity contribution in [2.75, 3.05) is 0 Å². The molecular formula is C14H16F4N2O. The molecule has 1 amide bonds. The average Bonchev–Trinajstić information content (AvgIpc) is 2.82. The summed E-state index contributed by atoms with van der Waals surface area (Å²) in [6.07, 6.45) is -2.80. The second-order valence-corrected chi connectivity index (χ2v) is 5.26. The molecule has 0 unspecified atom stereocenters. The Hall–Kier alpha value is -1.63. The second kappa shape index (κ2) is 6.01. The molecule has 0 radical (unpaired) electrons. The summed E-state index contributed by atoms with van der Waals surface area (Å²) in [6, 6.07) is 3.01. The van der Waals surface area contributed by atoms with Crippen LogP contribution in [0.15, 0.2) is 18.2 Å². The first kappa shape index (κ1) is 15.8. The lowest BCUT2D eigenvalue weighted by Gasteiger charge is -2.13. The van der Waals surface area contributed by atoms with E-state index in [9.17, 15) is 22.4 Å². The van der Waals surface area contributed by atoms with Crippen molar-refractivity contribution in [3.05, 3.63) is 35.1 Å². The smallest absolute Gasteiger partial charge is 0.352 e. The van der Waals surface area contributed by atoms with Gasteiger partial charge in [-0.2, -0.15) is 13.2 Å². The van der Waals surface area contributed by atoms with Crippen LogP contribution < -0.4 is 11.1 Å². The molecule has 0 aliphatic heterocycles. The van der Waals surface area contributed by atoms with Gasteiger partial charge in [-0.3, -0.25) is 4.79 Å². The Morgan fingerprint density at radius 1 is 1.33 bits per heavy atom. The van der Waals surface area contributed by atoms with Gasteiger partial charge < -0.3 is 11.1 Å². The van der Waals surface area contributed by atoms with E-state index in [2.05, 4.69) is 5.32 Å². The minimum atomic E-state index is -4.75. The van der Waals surface area contributed by atoms with Crippen LogP contribution in [0.4, 0.5) is 17.6 Å². The molecule has 2 rings (SSSR count). The first-order valence-corrected chi connectivity index (χ1v) is 6.67. The van der Waals surface area contributed by atoms with Crippen molar-refractivity contribution in [1.29, 1.82) is 0 Å². The fourth-order valence-electron chi connectivity index (χ4n) is 2.52. The summed E-state index contributed by atoms with van der Waals surface area (Å²) in [5.41, 5.74) is 4.19. The van der Waals surface area contributed by atoms with Gasteiger partial charge in [-0.1, -0.05) is 12.1 Å². The summed E-state index contributed by atoms with van der Waals surface area (Å²) < 4.78 is 51.5. The Morgan fingerprint density at radius 2 is 2.05 bits per heavy atom. The largest absolute Gasteiger partial charge is 0.419 e. The molecule has 0 heterocycles. The van der Waals surface area contributed by atoms with E-state index in [1.807, 2.05) is 0 Å². The van der Waals surface area contributed by atoms with Crippen molar-refractivity contribution in [3.8, 4) is 0 Å². The van der Waals surface area contributed by atoms with Gasteiger partial charge in [-0.05, 0) is 25.3 Å². The molecule has 2 atom stereocenters. The van der Waals surface area contributed by atoms with E-state index in [1.165, 1.54) is 6.07 Å². The van der Waals surface area contributed by atoms with Crippen molar-refractivity contribution < 1.29 is 22.4 Å². The number of alkyl halides is 3. The summed E-state index contributed by atoms with van der Waals surface area (Å²) in [5.74, 6) is -1.87. The minimum absolute atomic E-state index is 0.0222. The molecule has 0 bridgehead atoms. The van der Waals surface area contributed by atoms with Gasteiger partial charge in [0, 0.05) is 24.1 Å². The summed E-state index contributed by atoms with van der Waals surface area (Å²) in [7, 11) is 0. The molecule has 116 valence electrons. The normalized spacial score (nSPS) is 22.3. The number of benzene rings is 1. The van der Waals surface area contributed by atoms with Gasteiger partial charge in [-0.15, -0.1) is 0 Å². The summed E-state index contributed by atoms with van der Waals surface area (Å²) >= 11 is 0. The predicted molar refractivity (Wildman–Crippen MR) is 68.6 cm³/mol. The molecule has 0 saturated heterocycles. The maximum absolute atomic E-state index is 13.8. The SMILES string of the molecule is N[C@@H]1CC[C@H](C(=O)NCc2cccc(C(F)(F)F)c2F)C1. The molecule has 3 N–H and O–H groups in total. The zero-order chi connectivity index (χ0) is 15.6. The first-order valence-electron chi connectivity index (χ1n) is 6.67. The lowest BCUT2D eigenvalue weighted by Crippen LogP contribution is -2.30. The van der Waals surface area contributed by atoms with Crippen molar-refractivity contribution in [2.45, 2.75) is 38.0 Å². The van der Waals surface area contributed by atoms with Crippen LogP contribution in [0.1, 0.15) is 30.4 Å². The number of rotatable bonds is 3. The van der Waals surface area contributed by atoms with Crippen molar-refractivity contribution in [2.24, 2.45) is 11.7 Å². The molecule has 3 nitrogen and oxygen atoms in total. The number of halogens is 4. The molecule has 1 saturated carbocycles. The quantitative estimate of drug-likeness (QED) is 0.843. The molecule has 1 fully saturated rings. The third-order valence-corrected chi connectivity index (χ3v) is 3.68. The summed E-state index contributed by atoms with van der Waals surface area (Å²) in [4.78, 5) is 11.8. The number of hydrogen-bond donors (Lipinski definition) is 2. The molecule has 1 aromatic rings. The highest BCUT2D eigenvalue weighted by atomic mass is 19.4. The van der Waals surface area contributed by atoms with Gasteiger partial charge in [0.2, 0.25) is 5.91 Å². The third kappa shape index (κ3) is 3.72. The molecule has 7 heteroatoms. The fraction of sp³-hybridized carbons (Fsp3) is 0.500. The Balaban J connectivity index is 2.02. The van der Waals surface area contributed by atoms with E-state index in [4.69, 9.17) is 5.73 Å². The van der Waals surface area contributed by atoms with Crippen molar-refractivity contribution in [3.63, 3.8) is 0 Å². The molecule has 0 aromatic heterocycles. The van der Waals surface area contributed by atoms with E-state index in [0.717, 1.165) is 12.5 Å². The van der Waals surface area contributed by atoms with Gasteiger partial charge in [0.25, 0.3) is 0 Å². The Labute approximate surface area is 119 Å². The van der Waals surface area contributed by atoms with Crippen LogP contribution >= 0.6 is 0 Å². The van der Waals surface area contributed by atoms with Crippen molar-refractivity contribution >= 4 is 5.91 Å². The van der Waals surface area contributed by atoms with E-state index >= 15 is 0 Å². The fourth-order valence-corrected chi connectivity index (χ4v) is 2.52. The first-order chi connectivity index (χ1) is 9.79. The molecule has 1 aliphatic rings. The standard InChI is InChI=1S/C14H16F4N2O/c15-12-9(2-1-3-11(12)14(16,17)18)7-20-13(21)8-4-5-10(19)6-8/h1-3,8,10H,4-7,19H2,(H,20,21)/t8-,10+/m0/s1. The van der Waals surface area contributed by atoms with Gasteiger partial charge in [0.15, 0.2) is 0 Å². The predicted octanol–water partition coefficient (Wildman–Crippen LogP) is 2.59. The van der Waals surface area contributed by atoms with E-state index in [0.29, 0.717) is 18.9 Å². The second-order valence-electron chi connectivity index (χ2n) is 5.26. The van der Waals surface area contributed by atoms with Gasteiger partial charge in [0.05, 0.1) is 5.56 Å². The molecule has 0 spiro atoms. The third-order valence-electron chi connectivity index (χ3n) is 3.68. The van der Waals surface area contributed by atoms with Crippen LogP contribution in [-0.2, 0) is 17.5 Å². The lowest BCUT2D eigenvalue weighted by atomic mass is 10.1. The van der Waals surface area contributed by atoms with E-state index in [-0.39, 0.29) is 30.0 Å². The van der Waals surface area contributed by atoms with Crippen LogP contribution in [0.25, 0.3) is 0 Å². The van der Waals surface area contributed by atoms with Crippen molar-refractivity contribution in [1.82, 2.24) is 5.32 Å². The Morgan fingerprint density at radius 3 is 2.62 bits per heavy atom. The zero-order valence-electron chi connectivity index (χ0n) is 11.2. The molecule has 1 aliphatic carbocycles. The highest BCUT2D eigenvalue weighted by Gasteiger charge is 2.35. The average molecular weight is 304 g/mol. The van der Waals surface area contributed by atoms with E-state index in [1.54, 1.807) is 0 Å². The molecule has 1 aromatic carbocycles. The Kier molecular flexibility index (Phi) is 4.51. The highest BCUT2D eigenvalue weighted by molar-refractivity contribution is 5.79. The summed E-state index contributed by atoms with van der Waals surface area (Å²) in [6.45, 7) is -0.264. The van der Waals surface area contributed by atoms with Crippen LogP contribution in [0.5, 0.6) is 0 Å². The van der Waals surface area contributed by atoms with E-state index < -0.39 is 17.6 Å². The molecule has 21 heavy (non-hydrogen) atoms. The maximum atomic E-state index is 13.8. The van der Waals surface area contributed by atoms with Gasteiger partial charge in [0.1, 0.15) is 5.82 Å². The molecular weight excluding hydrogens is 288 g/mol. The van der Waals surface area contributed by atoms with Gasteiger partial charge in [-0.25, -0.2) is 4.39 Å².